The van der Waals surface area contributed by atoms with E-state index in [9.17, 15) is 9.90 Å². The van der Waals surface area contributed by atoms with Crippen LogP contribution in [0.3, 0.4) is 0 Å². The van der Waals surface area contributed by atoms with Gasteiger partial charge in [-0.2, -0.15) is 0 Å². The molecule has 1 aromatic rings. The van der Waals surface area contributed by atoms with E-state index in [1.165, 1.54) is 0 Å². The highest BCUT2D eigenvalue weighted by Gasteiger charge is 2.19. The number of ether oxygens (including phenoxy) is 1. The Hall–Kier alpha value is -1.61. The molecule has 1 rings (SSSR count). The molecule has 18 heavy (non-hydrogen) atoms. The first kappa shape index (κ1) is 14.5. The number of aliphatic hydroxyl groups excluding tert-OH is 1. The molecule has 0 saturated carbocycles. The molecule has 0 aromatic heterocycles. The Balaban J connectivity index is 2.96. The molecule has 1 N–H and O–H groups in total. The Morgan fingerprint density at radius 1 is 1.33 bits per heavy atom. The van der Waals surface area contributed by atoms with Crippen molar-refractivity contribution in [2.45, 2.75) is 32.8 Å². The van der Waals surface area contributed by atoms with Crippen molar-refractivity contribution >= 4 is 12.0 Å². The summed E-state index contributed by atoms with van der Waals surface area (Å²) in [7, 11) is 0. The van der Waals surface area contributed by atoms with Crippen molar-refractivity contribution in [1.82, 2.24) is 0 Å². The second-order valence-corrected chi connectivity index (χ2v) is 4.04. The van der Waals surface area contributed by atoms with Gasteiger partial charge in [-0.1, -0.05) is 43.7 Å². The molecule has 0 radical (unpaired) electrons. The quantitative estimate of drug-likeness (QED) is 0.622. The molecule has 3 nitrogen and oxygen atoms in total. The lowest BCUT2D eigenvalue weighted by atomic mass is 10.0. The number of aliphatic hydroxyl groups is 1. The summed E-state index contributed by atoms with van der Waals surface area (Å²) in [5, 5.41) is 10.00. The van der Waals surface area contributed by atoms with Gasteiger partial charge in [-0.3, -0.25) is 0 Å². The Labute approximate surface area is 108 Å². The van der Waals surface area contributed by atoms with Gasteiger partial charge in [0.05, 0.1) is 18.3 Å². The Bertz CT molecular complexity index is 395. The average Bonchev–Trinajstić information content (AvgIpc) is 2.37. The number of carbonyl (C=O) groups is 1. The molecule has 0 aliphatic heterocycles. The van der Waals surface area contributed by atoms with Crippen molar-refractivity contribution < 1.29 is 14.6 Å². The van der Waals surface area contributed by atoms with Crippen LogP contribution >= 0.6 is 0 Å². The molecule has 0 spiro atoms. The van der Waals surface area contributed by atoms with E-state index >= 15 is 0 Å². The summed E-state index contributed by atoms with van der Waals surface area (Å²) in [6, 6.07) is 9.46. The predicted octanol–water partition coefficient (Wildman–Crippen LogP) is 2.79. The normalized spacial score (nSPS) is 13.2. The Morgan fingerprint density at radius 3 is 2.56 bits per heavy atom. The highest BCUT2D eigenvalue weighted by Crippen LogP contribution is 2.15. The maximum absolute atomic E-state index is 11.8. The summed E-state index contributed by atoms with van der Waals surface area (Å²) in [5.41, 5.74) is 1.21. The van der Waals surface area contributed by atoms with Gasteiger partial charge in [-0.05, 0) is 25.0 Å². The zero-order chi connectivity index (χ0) is 13.4. The van der Waals surface area contributed by atoms with Crippen molar-refractivity contribution in [1.29, 1.82) is 0 Å². The molecule has 3 heteroatoms. The van der Waals surface area contributed by atoms with Crippen LogP contribution in [-0.4, -0.2) is 23.8 Å². The molecule has 0 aliphatic carbocycles. The molecule has 1 aromatic carbocycles. The molecule has 98 valence electrons. The fraction of sp³-hybridized carbons (Fsp3) is 0.400. The number of benzene rings is 1. The van der Waals surface area contributed by atoms with Gasteiger partial charge in [0, 0.05) is 0 Å². The minimum Gasteiger partial charge on any atom is -0.463 e. The van der Waals surface area contributed by atoms with Crippen molar-refractivity contribution in [3.63, 3.8) is 0 Å². The Kier molecular flexibility index (Phi) is 6.15. The zero-order valence-electron chi connectivity index (χ0n) is 10.9. The highest BCUT2D eigenvalue weighted by molar-refractivity contribution is 5.94. The number of rotatable bonds is 6. The molecule has 0 bridgehead atoms. The van der Waals surface area contributed by atoms with E-state index in [1.54, 1.807) is 13.0 Å². The summed E-state index contributed by atoms with van der Waals surface area (Å²) >= 11 is 0. The summed E-state index contributed by atoms with van der Waals surface area (Å²) in [6.45, 7) is 4.03. The maximum Gasteiger partial charge on any atom is 0.336 e. The fourth-order valence-corrected chi connectivity index (χ4v) is 1.66. The van der Waals surface area contributed by atoms with Crippen LogP contribution in [0.5, 0.6) is 0 Å². The van der Waals surface area contributed by atoms with E-state index < -0.39 is 12.1 Å². The maximum atomic E-state index is 11.8. The van der Waals surface area contributed by atoms with Crippen LogP contribution in [-0.2, 0) is 9.53 Å². The largest absolute Gasteiger partial charge is 0.463 e. The van der Waals surface area contributed by atoms with Gasteiger partial charge >= 0.3 is 5.97 Å². The van der Waals surface area contributed by atoms with Gasteiger partial charge in [0.25, 0.3) is 0 Å². The van der Waals surface area contributed by atoms with E-state index in [1.807, 2.05) is 37.3 Å². The van der Waals surface area contributed by atoms with Crippen LogP contribution in [0.15, 0.2) is 35.9 Å². The molecule has 1 unspecified atom stereocenters. The third-order valence-electron chi connectivity index (χ3n) is 2.55. The monoisotopic (exact) mass is 248 g/mol. The van der Waals surface area contributed by atoms with Crippen molar-refractivity contribution in [3.8, 4) is 0 Å². The van der Waals surface area contributed by atoms with E-state index in [0.29, 0.717) is 18.6 Å². The van der Waals surface area contributed by atoms with Gasteiger partial charge in [-0.15, -0.1) is 0 Å². The molecule has 1 atom stereocenters. The third-order valence-corrected chi connectivity index (χ3v) is 2.55. The number of hydrogen-bond donors (Lipinski definition) is 1. The van der Waals surface area contributed by atoms with Crippen molar-refractivity contribution in [2.75, 3.05) is 6.61 Å². The molecule has 0 heterocycles. The highest BCUT2D eigenvalue weighted by atomic mass is 16.5. The summed E-state index contributed by atoms with van der Waals surface area (Å²) in [6.07, 6.45) is 2.29. The van der Waals surface area contributed by atoms with Gasteiger partial charge in [0.2, 0.25) is 0 Å². The van der Waals surface area contributed by atoms with Crippen LogP contribution in [0, 0.1) is 0 Å². The lowest BCUT2D eigenvalue weighted by Gasteiger charge is -2.13. The Morgan fingerprint density at radius 2 is 2.00 bits per heavy atom. The average molecular weight is 248 g/mol. The lowest BCUT2D eigenvalue weighted by molar-refractivity contribution is -0.139. The second kappa shape index (κ2) is 7.67. The molecule has 0 fully saturated rings. The van der Waals surface area contributed by atoms with E-state index in [4.69, 9.17) is 4.74 Å². The van der Waals surface area contributed by atoms with Crippen molar-refractivity contribution in [3.05, 3.63) is 41.5 Å². The fourth-order valence-electron chi connectivity index (χ4n) is 1.66. The zero-order valence-corrected chi connectivity index (χ0v) is 10.9. The number of esters is 1. The van der Waals surface area contributed by atoms with Crippen LogP contribution in [0.25, 0.3) is 6.08 Å². The van der Waals surface area contributed by atoms with Crippen LogP contribution < -0.4 is 0 Å². The SMILES string of the molecule is CCCC(O)C(=Cc1ccccc1)C(=O)OCC. The van der Waals surface area contributed by atoms with Gasteiger partial charge in [0.1, 0.15) is 0 Å². The van der Waals surface area contributed by atoms with Gasteiger partial charge < -0.3 is 9.84 Å². The summed E-state index contributed by atoms with van der Waals surface area (Å²) < 4.78 is 4.98. The predicted molar refractivity (Wildman–Crippen MR) is 72.0 cm³/mol. The first-order valence-corrected chi connectivity index (χ1v) is 6.30. The van der Waals surface area contributed by atoms with Gasteiger partial charge in [0.15, 0.2) is 0 Å². The standard InChI is InChI=1S/C15H20O3/c1-3-8-14(16)13(15(17)18-4-2)11-12-9-6-5-7-10-12/h5-7,9-11,14,16H,3-4,8H2,1-2H3. The van der Waals surface area contributed by atoms with Crippen LogP contribution in [0.4, 0.5) is 0 Å². The molecular weight excluding hydrogens is 228 g/mol. The van der Waals surface area contributed by atoms with Crippen molar-refractivity contribution in [2.24, 2.45) is 0 Å². The smallest absolute Gasteiger partial charge is 0.336 e. The lowest BCUT2D eigenvalue weighted by Crippen LogP contribution is -2.20. The van der Waals surface area contributed by atoms with Gasteiger partial charge in [-0.25, -0.2) is 4.79 Å². The van der Waals surface area contributed by atoms with Crippen LogP contribution in [0.2, 0.25) is 0 Å². The third kappa shape index (κ3) is 4.34. The molecule has 0 amide bonds. The first-order chi connectivity index (χ1) is 8.69. The summed E-state index contributed by atoms with van der Waals surface area (Å²) in [4.78, 5) is 11.8. The minimum absolute atomic E-state index is 0.309. The molecule has 0 saturated heterocycles. The van der Waals surface area contributed by atoms with E-state index in [2.05, 4.69) is 0 Å². The number of carbonyl (C=O) groups excluding carboxylic acids is 1. The molecule has 0 aliphatic rings. The van der Waals surface area contributed by atoms with E-state index in [0.717, 1.165) is 12.0 Å². The number of hydrogen-bond acceptors (Lipinski definition) is 3. The van der Waals surface area contributed by atoms with Crippen LogP contribution in [0.1, 0.15) is 32.3 Å². The molecular formula is C15H20O3. The summed E-state index contributed by atoms with van der Waals surface area (Å²) in [5.74, 6) is -0.442. The first-order valence-electron chi connectivity index (χ1n) is 6.30. The topological polar surface area (TPSA) is 46.5 Å². The minimum atomic E-state index is -0.769. The second-order valence-electron chi connectivity index (χ2n) is 4.04. The van der Waals surface area contributed by atoms with E-state index in [-0.39, 0.29) is 0 Å².